The van der Waals surface area contributed by atoms with Gasteiger partial charge in [0.2, 0.25) is 5.91 Å². The molecule has 1 rings (SSSR count). The zero-order valence-electron chi connectivity index (χ0n) is 12.6. The van der Waals surface area contributed by atoms with Crippen LogP contribution in [0.25, 0.3) is 0 Å². The smallest absolute Gasteiger partial charge is 0.326 e. The lowest BCUT2D eigenvalue weighted by Gasteiger charge is -2.21. The number of nitrogens with zero attached hydrogens (tertiary/aromatic N) is 3. The van der Waals surface area contributed by atoms with Gasteiger partial charge in [-0.3, -0.25) is 9.48 Å². The molecule has 0 fully saturated rings. The van der Waals surface area contributed by atoms with Gasteiger partial charge < -0.3 is 15.2 Å². The maximum atomic E-state index is 11.7. The van der Waals surface area contributed by atoms with Crippen LogP contribution in [0.2, 0.25) is 0 Å². The van der Waals surface area contributed by atoms with Crippen molar-refractivity contribution in [3.05, 3.63) is 12.7 Å². The molecular weight excluding hydrogens is 276 g/mol. The number of rotatable bonds is 8. The predicted molar refractivity (Wildman–Crippen MR) is 74.5 cm³/mol. The Morgan fingerprint density at radius 1 is 1.43 bits per heavy atom. The lowest BCUT2D eigenvalue weighted by atomic mass is 10.1. The van der Waals surface area contributed by atoms with E-state index >= 15 is 0 Å². The number of carbonyl (C=O) groups is 2. The lowest BCUT2D eigenvalue weighted by Crippen LogP contribution is -2.42. The van der Waals surface area contributed by atoms with Crippen molar-refractivity contribution in [2.24, 2.45) is 0 Å². The van der Waals surface area contributed by atoms with E-state index in [0.29, 0.717) is 6.54 Å². The molecule has 1 aromatic heterocycles. The summed E-state index contributed by atoms with van der Waals surface area (Å²) in [5, 5.41) is 15.5. The molecule has 21 heavy (non-hydrogen) atoms. The molecule has 1 amide bonds. The van der Waals surface area contributed by atoms with Crippen LogP contribution in [0.15, 0.2) is 12.7 Å². The molecule has 1 atom stereocenters. The third-order valence-electron chi connectivity index (χ3n) is 2.61. The van der Waals surface area contributed by atoms with Gasteiger partial charge in [-0.2, -0.15) is 5.10 Å². The second-order valence-electron chi connectivity index (χ2n) is 5.62. The Kier molecular flexibility index (Phi) is 6.29. The van der Waals surface area contributed by atoms with Gasteiger partial charge in [0, 0.05) is 19.4 Å². The van der Waals surface area contributed by atoms with E-state index in [1.807, 2.05) is 20.8 Å². The third kappa shape index (κ3) is 7.40. The molecule has 2 N–H and O–H groups in total. The summed E-state index contributed by atoms with van der Waals surface area (Å²) in [7, 11) is 0. The van der Waals surface area contributed by atoms with Crippen LogP contribution in [0.1, 0.15) is 33.6 Å². The van der Waals surface area contributed by atoms with Crippen LogP contribution in [0.3, 0.4) is 0 Å². The van der Waals surface area contributed by atoms with Crippen molar-refractivity contribution >= 4 is 11.9 Å². The quantitative estimate of drug-likeness (QED) is 0.721. The summed E-state index contributed by atoms with van der Waals surface area (Å²) in [5.74, 6) is -1.41. The van der Waals surface area contributed by atoms with Gasteiger partial charge >= 0.3 is 5.97 Å². The molecule has 0 saturated heterocycles. The van der Waals surface area contributed by atoms with E-state index in [9.17, 15) is 9.59 Å². The molecule has 1 heterocycles. The molecule has 0 aromatic carbocycles. The van der Waals surface area contributed by atoms with Gasteiger partial charge in [0.05, 0.1) is 12.1 Å². The SMILES string of the molecule is CC(C)(C)OCCC(NC(=O)CCn1cncn1)C(=O)O. The standard InChI is InChI=1S/C13H22N4O4/c1-13(2,3)21-7-5-10(12(19)20)16-11(18)4-6-17-9-14-8-15-17/h8-10H,4-7H2,1-3H3,(H,16,18)(H,19,20). The van der Waals surface area contributed by atoms with Gasteiger partial charge in [-0.05, 0) is 20.8 Å². The van der Waals surface area contributed by atoms with Crippen LogP contribution in [0.5, 0.6) is 0 Å². The van der Waals surface area contributed by atoms with Gasteiger partial charge in [0.1, 0.15) is 18.7 Å². The zero-order chi connectivity index (χ0) is 15.9. The van der Waals surface area contributed by atoms with Crippen LogP contribution < -0.4 is 5.32 Å². The Morgan fingerprint density at radius 2 is 2.14 bits per heavy atom. The van der Waals surface area contributed by atoms with E-state index in [0.717, 1.165) is 0 Å². The van der Waals surface area contributed by atoms with Crippen molar-refractivity contribution in [3.8, 4) is 0 Å². The van der Waals surface area contributed by atoms with E-state index in [1.54, 1.807) is 0 Å². The normalized spacial score (nSPS) is 12.9. The van der Waals surface area contributed by atoms with Crippen LogP contribution in [0.4, 0.5) is 0 Å². The largest absolute Gasteiger partial charge is 0.480 e. The lowest BCUT2D eigenvalue weighted by molar-refractivity contribution is -0.142. The summed E-state index contributed by atoms with van der Waals surface area (Å²) in [6, 6.07) is -0.949. The van der Waals surface area contributed by atoms with Gasteiger partial charge in [0.25, 0.3) is 0 Å². The maximum Gasteiger partial charge on any atom is 0.326 e. The molecule has 0 radical (unpaired) electrons. The van der Waals surface area contributed by atoms with Gasteiger partial charge in [-0.15, -0.1) is 0 Å². The highest BCUT2D eigenvalue weighted by molar-refractivity contribution is 5.83. The van der Waals surface area contributed by atoms with E-state index in [1.165, 1.54) is 17.3 Å². The van der Waals surface area contributed by atoms with Gasteiger partial charge in [-0.1, -0.05) is 0 Å². The van der Waals surface area contributed by atoms with Crippen LogP contribution in [0, 0.1) is 0 Å². The number of carboxylic acids is 1. The second-order valence-corrected chi connectivity index (χ2v) is 5.62. The van der Waals surface area contributed by atoms with Crippen molar-refractivity contribution in [2.75, 3.05) is 6.61 Å². The first kappa shape index (κ1) is 17.1. The van der Waals surface area contributed by atoms with E-state index in [2.05, 4.69) is 15.4 Å². The van der Waals surface area contributed by atoms with Crippen LogP contribution in [-0.4, -0.2) is 50.0 Å². The van der Waals surface area contributed by atoms with Gasteiger partial charge in [0.15, 0.2) is 0 Å². The topological polar surface area (TPSA) is 106 Å². The molecule has 0 bridgehead atoms. The number of carbonyl (C=O) groups excluding carboxylic acids is 1. The van der Waals surface area contributed by atoms with Crippen molar-refractivity contribution < 1.29 is 19.4 Å². The Labute approximate surface area is 123 Å². The van der Waals surface area contributed by atoms with Crippen LogP contribution >= 0.6 is 0 Å². The zero-order valence-corrected chi connectivity index (χ0v) is 12.6. The highest BCUT2D eigenvalue weighted by Crippen LogP contribution is 2.08. The van der Waals surface area contributed by atoms with Crippen molar-refractivity contribution in [2.45, 2.75) is 51.8 Å². The molecule has 0 aliphatic carbocycles. The van der Waals surface area contributed by atoms with Crippen molar-refractivity contribution in [1.82, 2.24) is 20.1 Å². The summed E-state index contributed by atoms with van der Waals surface area (Å²) in [6.07, 6.45) is 3.25. The predicted octanol–water partition coefficient (Wildman–Crippen LogP) is 0.443. The first-order valence-corrected chi connectivity index (χ1v) is 6.76. The average molecular weight is 298 g/mol. The number of hydrogen-bond donors (Lipinski definition) is 2. The highest BCUT2D eigenvalue weighted by atomic mass is 16.5. The summed E-state index contributed by atoms with van der Waals surface area (Å²) in [5.41, 5.74) is -0.333. The molecular formula is C13H22N4O4. The number of aliphatic carboxylic acids is 1. The van der Waals surface area contributed by atoms with E-state index in [-0.39, 0.29) is 31.0 Å². The number of ether oxygens (including phenoxy) is 1. The highest BCUT2D eigenvalue weighted by Gasteiger charge is 2.21. The average Bonchev–Trinajstić information content (AvgIpc) is 2.86. The second kappa shape index (κ2) is 7.72. The van der Waals surface area contributed by atoms with Crippen molar-refractivity contribution in [1.29, 1.82) is 0 Å². The molecule has 1 unspecified atom stereocenters. The summed E-state index contributed by atoms with van der Waals surface area (Å²) >= 11 is 0. The minimum atomic E-state index is -1.07. The summed E-state index contributed by atoms with van der Waals surface area (Å²) in [4.78, 5) is 26.6. The fourth-order valence-electron chi connectivity index (χ4n) is 1.57. The Hall–Kier alpha value is -1.96. The molecule has 8 nitrogen and oxygen atoms in total. The Morgan fingerprint density at radius 3 is 2.67 bits per heavy atom. The maximum absolute atomic E-state index is 11.7. The van der Waals surface area contributed by atoms with Crippen molar-refractivity contribution in [3.63, 3.8) is 0 Å². The summed E-state index contributed by atoms with van der Waals surface area (Å²) < 4.78 is 6.99. The molecule has 0 aliphatic heterocycles. The number of aromatic nitrogens is 3. The van der Waals surface area contributed by atoms with E-state index < -0.39 is 12.0 Å². The number of amides is 1. The fraction of sp³-hybridized carbons (Fsp3) is 0.692. The minimum Gasteiger partial charge on any atom is -0.480 e. The first-order chi connectivity index (χ1) is 9.78. The monoisotopic (exact) mass is 298 g/mol. The molecule has 0 saturated carbocycles. The fourth-order valence-corrected chi connectivity index (χ4v) is 1.57. The van der Waals surface area contributed by atoms with E-state index in [4.69, 9.17) is 9.84 Å². The third-order valence-corrected chi connectivity index (χ3v) is 2.61. The number of hydrogen-bond acceptors (Lipinski definition) is 5. The molecule has 118 valence electrons. The number of carboxylic acid groups (broad SMARTS) is 1. The number of aryl methyl sites for hydroxylation is 1. The Bertz CT molecular complexity index is 453. The summed E-state index contributed by atoms with van der Waals surface area (Å²) in [6.45, 7) is 6.29. The van der Waals surface area contributed by atoms with Gasteiger partial charge in [-0.25, -0.2) is 9.78 Å². The first-order valence-electron chi connectivity index (χ1n) is 6.76. The Balaban J connectivity index is 2.35. The molecule has 8 heteroatoms. The molecule has 1 aromatic rings. The van der Waals surface area contributed by atoms with Crippen LogP contribution in [-0.2, 0) is 20.9 Å². The number of nitrogens with one attached hydrogen (secondary N) is 1. The molecule has 0 spiro atoms. The molecule has 0 aliphatic rings. The minimum absolute atomic E-state index is 0.146.